The minimum Gasteiger partial charge on any atom is -0.166 e. The van der Waals surface area contributed by atoms with Gasteiger partial charge in [0.05, 0.1) is 5.56 Å². The van der Waals surface area contributed by atoms with E-state index in [9.17, 15) is 13.2 Å². The van der Waals surface area contributed by atoms with Gasteiger partial charge in [0, 0.05) is 0 Å². The average Bonchev–Trinajstić information content (AvgIpc) is 2.24. The molecule has 0 aliphatic carbocycles. The maximum Gasteiger partial charge on any atom is 0.416 e. The second-order valence-corrected chi connectivity index (χ2v) is 4.13. The fourth-order valence-electron chi connectivity index (χ4n) is 1.85. The van der Waals surface area contributed by atoms with Gasteiger partial charge in [-0.1, -0.05) is 44.9 Å². The highest BCUT2D eigenvalue weighted by Crippen LogP contribution is 2.36. The molecule has 0 aliphatic heterocycles. The molecule has 0 heterocycles. The summed E-state index contributed by atoms with van der Waals surface area (Å²) in [6, 6.07) is 5.87. The van der Waals surface area contributed by atoms with E-state index in [-0.39, 0.29) is 5.92 Å². The Morgan fingerprint density at radius 1 is 1.19 bits per heavy atom. The molecule has 1 rings (SSSR count). The van der Waals surface area contributed by atoms with Gasteiger partial charge in [0.2, 0.25) is 0 Å². The third-order valence-corrected chi connectivity index (χ3v) is 2.79. The number of unbranched alkanes of at least 4 members (excludes halogenated alkanes) is 1. The van der Waals surface area contributed by atoms with E-state index in [1.54, 1.807) is 12.1 Å². The number of halogens is 3. The maximum atomic E-state index is 12.7. The fraction of sp³-hybridized carbons (Fsp3) is 0.538. The highest BCUT2D eigenvalue weighted by molar-refractivity contribution is 5.32. The van der Waals surface area contributed by atoms with Crippen LogP contribution < -0.4 is 0 Å². The number of alkyl halides is 3. The van der Waals surface area contributed by atoms with Gasteiger partial charge in [0.15, 0.2) is 0 Å². The molecular weight excluding hydrogens is 213 g/mol. The smallest absolute Gasteiger partial charge is 0.166 e. The molecule has 0 radical (unpaired) electrons. The van der Waals surface area contributed by atoms with E-state index in [0.717, 1.165) is 25.3 Å². The minimum absolute atomic E-state index is 0.0298. The van der Waals surface area contributed by atoms with Crippen molar-refractivity contribution >= 4 is 0 Å². The van der Waals surface area contributed by atoms with Crippen molar-refractivity contribution < 1.29 is 13.2 Å². The maximum absolute atomic E-state index is 12.7. The molecule has 0 amide bonds. The average molecular weight is 230 g/mol. The molecule has 0 nitrogen and oxygen atoms in total. The lowest BCUT2D eigenvalue weighted by molar-refractivity contribution is -0.138. The highest BCUT2D eigenvalue weighted by atomic mass is 19.4. The van der Waals surface area contributed by atoms with Gasteiger partial charge in [0.25, 0.3) is 0 Å². The van der Waals surface area contributed by atoms with Crippen LogP contribution in [0.4, 0.5) is 13.2 Å². The van der Waals surface area contributed by atoms with Crippen LogP contribution in [0.3, 0.4) is 0 Å². The highest BCUT2D eigenvalue weighted by Gasteiger charge is 2.33. The Morgan fingerprint density at radius 3 is 2.38 bits per heavy atom. The van der Waals surface area contributed by atoms with Crippen molar-refractivity contribution in [3.8, 4) is 0 Å². The zero-order valence-electron chi connectivity index (χ0n) is 9.64. The lowest BCUT2D eigenvalue weighted by atomic mass is 9.91. The Bertz CT molecular complexity index is 328. The zero-order valence-corrected chi connectivity index (χ0v) is 9.64. The second-order valence-electron chi connectivity index (χ2n) is 4.13. The number of rotatable bonds is 4. The van der Waals surface area contributed by atoms with Crippen molar-refractivity contribution in [2.45, 2.75) is 45.2 Å². The number of hydrogen-bond donors (Lipinski definition) is 0. The molecule has 0 N–H and O–H groups in total. The van der Waals surface area contributed by atoms with Crippen molar-refractivity contribution in [1.29, 1.82) is 0 Å². The molecule has 1 aromatic carbocycles. The van der Waals surface area contributed by atoms with E-state index in [2.05, 4.69) is 0 Å². The lowest BCUT2D eigenvalue weighted by Gasteiger charge is -2.17. The molecule has 0 spiro atoms. The summed E-state index contributed by atoms with van der Waals surface area (Å²) in [5, 5.41) is 0. The van der Waals surface area contributed by atoms with Crippen LogP contribution in [0.1, 0.15) is 50.2 Å². The molecule has 1 aromatic rings. The van der Waals surface area contributed by atoms with Crippen LogP contribution >= 0.6 is 0 Å². The molecule has 1 atom stereocenters. The van der Waals surface area contributed by atoms with Crippen molar-refractivity contribution in [1.82, 2.24) is 0 Å². The van der Waals surface area contributed by atoms with Gasteiger partial charge in [-0.3, -0.25) is 0 Å². The summed E-state index contributed by atoms with van der Waals surface area (Å²) in [6.07, 6.45) is -1.45. The van der Waals surface area contributed by atoms with Crippen LogP contribution in [0.2, 0.25) is 0 Å². The Morgan fingerprint density at radius 2 is 1.81 bits per heavy atom. The van der Waals surface area contributed by atoms with E-state index in [1.165, 1.54) is 6.07 Å². The Hall–Kier alpha value is -0.990. The largest absolute Gasteiger partial charge is 0.416 e. The molecule has 0 aliphatic rings. The monoisotopic (exact) mass is 230 g/mol. The predicted molar refractivity (Wildman–Crippen MR) is 59.4 cm³/mol. The molecular formula is C13H17F3. The SMILES string of the molecule is CCCC[C@@H](C)c1ccccc1C(F)(F)F. The summed E-state index contributed by atoms with van der Waals surface area (Å²) in [5.41, 5.74) is -0.0675. The van der Waals surface area contributed by atoms with Gasteiger partial charge >= 0.3 is 6.18 Å². The molecule has 0 fully saturated rings. The molecule has 0 saturated heterocycles. The molecule has 90 valence electrons. The third kappa shape index (κ3) is 3.26. The molecule has 0 saturated carbocycles. The normalized spacial score (nSPS) is 13.8. The summed E-state index contributed by atoms with van der Waals surface area (Å²) in [6.45, 7) is 3.91. The quantitative estimate of drug-likeness (QED) is 0.682. The Kier molecular flexibility index (Phi) is 4.39. The minimum atomic E-state index is -4.24. The summed E-state index contributed by atoms with van der Waals surface area (Å²) in [4.78, 5) is 0. The van der Waals surface area contributed by atoms with Gasteiger partial charge in [-0.2, -0.15) is 13.2 Å². The van der Waals surface area contributed by atoms with Gasteiger partial charge in [0.1, 0.15) is 0 Å². The Labute approximate surface area is 94.5 Å². The van der Waals surface area contributed by atoms with Crippen LogP contribution in [0.25, 0.3) is 0 Å². The van der Waals surface area contributed by atoms with Crippen LogP contribution in [0, 0.1) is 0 Å². The summed E-state index contributed by atoms with van der Waals surface area (Å²) in [7, 11) is 0. The van der Waals surface area contributed by atoms with Crippen LogP contribution in [0.5, 0.6) is 0 Å². The lowest BCUT2D eigenvalue weighted by Crippen LogP contribution is -2.10. The first kappa shape index (κ1) is 13.1. The summed E-state index contributed by atoms with van der Waals surface area (Å²) >= 11 is 0. The van der Waals surface area contributed by atoms with Gasteiger partial charge in [-0.25, -0.2) is 0 Å². The first-order valence-corrected chi connectivity index (χ1v) is 5.63. The van der Waals surface area contributed by atoms with Gasteiger partial charge in [-0.05, 0) is 24.0 Å². The molecule has 0 aromatic heterocycles. The van der Waals surface area contributed by atoms with Crippen molar-refractivity contribution in [2.24, 2.45) is 0 Å². The first-order chi connectivity index (χ1) is 7.46. The van der Waals surface area contributed by atoms with E-state index in [0.29, 0.717) is 5.56 Å². The summed E-state index contributed by atoms with van der Waals surface area (Å²) < 4.78 is 38.2. The van der Waals surface area contributed by atoms with Crippen LogP contribution in [0.15, 0.2) is 24.3 Å². The third-order valence-electron chi connectivity index (χ3n) is 2.79. The fourth-order valence-corrected chi connectivity index (χ4v) is 1.85. The van der Waals surface area contributed by atoms with Crippen molar-refractivity contribution in [2.75, 3.05) is 0 Å². The van der Waals surface area contributed by atoms with E-state index in [1.807, 2.05) is 13.8 Å². The number of hydrogen-bond acceptors (Lipinski definition) is 0. The molecule has 0 bridgehead atoms. The van der Waals surface area contributed by atoms with E-state index in [4.69, 9.17) is 0 Å². The van der Waals surface area contributed by atoms with Gasteiger partial charge < -0.3 is 0 Å². The number of benzene rings is 1. The Balaban J connectivity index is 2.94. The van der Waals surface area contributed by atoms with E-state index < -0.39 is 11.7 Å². The zero-order chi connectivity index (χ0) is 12.2. The van der Waals surface area contributed by atoms with Crippen molar-refractivity contribution in [3.63, 3.8) is 0 Å². The van der Waals surface area contributed by atoms with Crippen molar-refractivity contribution in [3.05, 3.63) is 35.4 Å². The predicted octanol–water partition coefficient (Wildman–Crippen LogP) is 5.00. The topological polar surface area (TPSA) is 0 Å². The second kappa shape index (κ2) is 5.37. The van der Waals surface area contributed by atoms with Crippen LogP contribution in [-0.2, 0) is 6.18 Å². The molecule has 0 unspecified atom stereocenters. The molecule has 16 heavy (non-hydrogen) atoms. The molecule has 3 heteroatoms. The first-order valence-electron chi connectivity index (χ1n) is 5.63. The van der Waals surface area contributed by atoms with Crippen LogP contribution in [-0.4, -0.2) is 0 Å². The van der Waals surface area contributed by atoms with Gasteiger partial charge in [-0.15, -0.1) is 0 Å². The van der Waals surface area contributed by atoms with E-state index >= 15 is 0 Å². The summed E-state index contributed by atoms with van der Waals surface area (Å²) in [5.74, 6) is -0.0298. The standard InChI is InChI=1S/C13H17F3/c1-3-4-7-10(2)11-8-5-6-9-12(11)13(14,15)16/h5-6,8-10H,3-4,7H2,1-2H3/t10-/m1/s1.